The SMILES string of the molecule is CC1(C)C2CC(=O)C1(C)[C@H]1O[C@@H]21. The maximum Gasteiger partial charge on any atom is 0.142 e. The molecule has 12 heavy (non-hydrogen) atoms. The molecule has 3 aliphatic rings. The number of fused-ring (bicyclic) bond motifs is 5. The molecular weight excluding hydrogens is 152 g/mol. The third-order valence-electron chi connectivity index (χ3n) is 4.74. The highest BCUT2D eigenvalue weighted by Gasteiger charge is 2.78. The quantitative estimate of drug-likeness (QED) is 0.509. The summed E-state index contributed by atoms with van der Waals surface area (Å²) in [5, 5.41) is 0. The van der Waals surface area contributed by atoms with E-state index in [0.717, 1.165) is 6.42 Å². The summed E-state index contributed by atoms with van der Waals surface area (Å²) in [5.41, 5.74) is 0.0139. The van der Waals surface area contributed by atoms with Gasteiger partial charge in [0.25, 0.3) is 0 Å². The van der Waals surface area contributed by atoms with E-state index in [-0.39, 0.29) is 16.9 Å². The first-order valence-corrected chi connectivity index (χ1v) is 4.68. The predicted octanol–water partition coefficient (Wildman–Crippen LogP) is 1.39. The molecule has 0 N–H and O–H groups in total. The van der Waals surface area contributed by atoms with Crippen molar-refractivity contribution in [1.82, 2.24) is 0 Å². The van der Waals surface area contributed by atoms with E-state index in [2.05, 4.69) is 20.8 Å². The van der Waals surface area contributed by atoms with Crippen molar-refractivity contribution in [2.45, 2.75) is 39.4 Å². The van der Waals surface area contributed by atoms with Crippen LogP contribution in [-0.2, 0) is 9.53 Å². The number of carbonyl (C=O) groups is 1. The van der Waals surface area contributed by atoms with Crippen molar-refractivity contribution in [2.24, 2.45) is 16.7 Å². The Hall–Kier alpha value is -0.370. The number of ether oxygens (including phenoxy) is 1. The summed E-state index contributed by atoms with van der Waals surface area (Å²) < 4.78 is 5.53. The Morgan fingerprint density at radius 3 is 2.50 bits per heavy atom. The van der Waals surface area contributed by atoms with Crippen LogP contribution in [0.1, 0.15) is 27.2 Å². The van der Waals surface area contributed by atoms with Crippen LogP contribution in [0.25, 0.3) is 0 Å². The van der Waals surface area contributed by atoms with Crippen molar-refractivity contribution in [3.8, 4) is 0 Å². The largest absolute Gasteiger partial charge is 0.368 e. The fourth-order valence-electron chi connectivity index (χ4n) is 3.36. The van der Waals surface area contributed by atoms with Gasteiger partial charge in [-0.2, -0.15) is 0 Å². The van der Waals surface area contributed by atoms with Gasteiger partial charge in [0.1, 0.15) is 5.78 Å². The minimum atomic E-state index is -0.164. The first-order valence-electron chi connectivity index (χ1n) is 4.68. The van der Waals surface area contributed by atoms with Gasteiger partial charge in [-0.3, -0.25) is 4.79 Å². The second-order valence-corrected chi connectivity index (χ2v) is 5.18. The molecule has 4 atom stereocenters. The van der Waals surface area contributed by atoms with Crippen LogP contribution >= 0.6 is 0 Å². The van der Waals surface area contributed by atoms with Crippen LogP contribution in [-0.4, -0.2) is 18.0 Å². The normalized spacial score (nSPS) is 58.9. The number of epoxide rings is 1. The predicted molar refractivity (Wildman–Crippen MR) is 43.7 cm³/mol. The van der Waals surface area contributed by atoms with Gasteiger partial charge in [-0.15, -0.1) is 0 Å². The van der Waals surface area contributed by atoms with Gasteiger partial charge in [-0.25, -0.2) is 0 Å². The van der Waals surface area contributed by atoms with E-state index < -0.39 is 0 Å². The molecule has 2 heteroatoms. The molecule has 2 nitrogen and oxygen atoms in total. The molecule has 0 spiro atoms. The first kappa shape index (κ1) is 7.07. The summed E-state index contributed by atoms with van der Waals surface area (Å²) in [5.74, 6) is 0.927. The maximum atomic E-state index is 11.7. The molecule has 1 aliphatic heterocycles. The summed E-state index contributed by atoms with van der Waals surface area (Å²) in [6, 6.07) is 0. The standard InChI is InChI=1S/C10H14O2/c1-9(2)5-4-6(11)10(9,3)8-7(5)12-8/h5,7-8H,4H2,1-3H3/t5?,7-,8-,10?/m0/s1. The molecule has 1 heterocycles. The Bertz CT molecular complexity index is 282. The Kier molecular flexibility index (Phi) is 0.885. The number of hydrogen-bond acceptors (Lipinski definition) is 2. The Labute approximate surface area is 72.3 Å². The third kappa shape index (κ3) is 0.434. The van der Waals surface area contributed by atoms with Crippen LogP contribution in [0.15, 0.2) is 0 Å². The Morgan fingerprint density at radius 1 is 1.42 bits per heavy atom. The number of ketones is 1. The molecule has 3 fully saturated rings. The van der Waals surface area contributed by atoms with E-state index in [1.54, 1.807) is 0 Å². The summed E-state index contributed by atoms with van der Waals surface area (Å²) >= 11 is 0. The van der Waals surface area contributed by atoms with E-state index in [1.807, 2.05) is 0 Å². The van der Waals surface area contributed by atoms with E-state index in [1.165, 1.54) is 0 Å². The number of rotatable bonds is 0. The highest BCUT2D eigenvalue weighted by Crippen LogP contribution is 2.71. The first-order chi connectivity index (χ1) is 5.49. The summed E-state index contributed by atoms with van der Waals surface area (Å²) in [7, 11) is 0. The van der Waals surface area contributed by atoms with E-state index >= 15 is 0 Å². The average molecular weight is 166 g/mol. The van der Waals surface area contributed by atoms with Gasteiger partial charge in [0.05, 0.1) is 17.6 Å². The van der Waals surface area contributed by atoms with Crippen molar-refractivity contribution < 1.29 is 9.53 Å². The lowest BCUT2D eigenvalue weighted by atomic mass is 9.69. The van der Waals surface area contributed by atoms with Gasteiger partial charge in [-0.05, 0) is 12.3 Å². The van der Waals surface area contributed by atoms with E-state index in [4.69, 9.17) is 4.74 Å². The van der Waals surface area contributed by atoms with Gasteiger partial charge >= 0.3 is 0 Å². The molecule has 0 amide bonds. The molecule has 2 unspecified atom stereocenters. The highest BCUT2D eigenvalue weighted by molar-refractivity contribution is 5.91. The molecular formula is C10H14O2. The monoisotopic (exact) mass is 166 g/mol. The van der Waals surface area contributed by atoms with Crippen LogP contribution in [0.3, 0.4) is 0 Å². The Balaban J connectivity index is 2.19. The molecule has 66 valence electrons. The van der Waals surface area contributed by atoms with Gasteiger partial charge in [-0.1, -0.05) is 13.8 Å². The van der Waals surface area contributed by atoms with Gasteiger partial charge in [0, 0.05) is 12.3 Å². The van der Waals surface area contributed by atoms with Crippen molar-refractivity contribution >= 4 is 5.78 Å². The van der Waals surface area contributed by atoms with Gasteiger partial charge in [0.15, 0.2) is 0 Å². The van der Waals surface area contributed by atoms with Crippen LogP contribution < -0.4 is 0 Å². The summed E-state index contributed by atoms with van der Waals surface area (Å²) in [6.07, 6.45) is 1.44. The lowest BCUT2D eigenvalue weighted by Gasteiger charge is -2.34. The molecule has 0 aromatic heterocycles. The van der Waals surface area contributed by atoms with E-state index in [9.17, 15) is 4.79 Å². The van der Waals surface area contributed by atoms with Crippen molar-refractivity contribution in [1.29, 1.82) is 0 Å². The van der Waals surface area contributed by atoms with Crippen molar-refractivity contribution in [2.75, 3.05) is 0 Å². The Morgan fingerprint density at radius 2 is 2.08 bits per heavy atom. The van der Waals surface area contributed by atoms with E-state index in [0.29, 0.717) is 17.8 Å². The average Bonchev–Trinajstić information content (AvgIpc) is 2.68. The highest BCUT2D eigenvalue weighted by atomic mass is 16.6. The number of Topliss-reactive ketones (excluding diaryl/α,β-unsaturated/α-hetero) is 1. The second-order valence-electron chi connectivity index (χ2n) is 5.18. The molecule has 2 saturated carbocycles. The zero-order chi connectivity index (χ0) is 8.72. The fourth-order valence-corrected chi connectivity index (χ4v) is 3.36. The second kappa shape index (κ2) is 1.50. The zero-order valence-electron chi connectivity index (χ0n) is 7.76. The molecule has 0 radical (unpaired) electrons. The third-order valence-corrected chi connectivity index (χ3v) is 4.74. The van der Waals surface area contributed by atoms with Crippen molar-refractivity contribution in [3.63, 3.8) is 0 Å². The molecule has 2 aliphatic carbocycles. The van der Waals surface area contributed by atoms with Crippen LogP contribution in [0, 0.1) is 16.7 Å². The lowest BCUT2D eigenvalue weighted by Crippen LogP contribution is -2.38. The zero-order valence-corrected chi connectivity index (χ0v) is 7.76. The van der Waals surface area contributed by atoms with Gasteiger partial charge in [0.2, 0.25) is 0 Å². The molecule has 0 aromatic carbocycles. The van der Waals surface area contributed by atoms with Crippen molar-refractivity contribution in [3.05, 3.63) is 0 Å². The van der Waals surface area contributed by atoms with Gasteiger partial charge < -0.3 is 4.74 Å². The molecule has 3 rings (SSSR count). The van der Waals surface area contributed by atoms with Crippen LogP contribution in [0.4, 0.5) is 0 Å². The number of carbonyl (C=O) groups excluding carboxylic acids is 1. The molecule has 2 bridgehead atoms. The topological polar surface area (TPSA) is 29.6 Å². The fraction of sp³-hybridized carbons (Fsp3) is 0.900. The smallest absolute Gasteiger partial charge is 0.142 e. The summed E-state index contributed by atoms with van der Waals surface area (Å²) in [4.78, 5) is 11.7. The minimum Gasteiger partial charge on any atom is -0.368 e. The minimum absolute atomic E-state index is 0.164. The maximum absolute atomic E-state index is 11.7. The summed E-state index contributed by atoms with van der Waals surface area (Å²) in [6.45, 7) is 6.53. The molecule has 1 saturated heterocycles. The lowest BCUT2D eigenvalue weighted by molar-refractivity contribution is -0.129. The number of hydrogen-bond donors (Lipinski definition) is 0. The van der Waals surface area contributed by atoms with Crippen LogP contribution in [0.2, 0.25) is 0 Å². The van der Waals surface area contributed by atoms with Crippen LogP contribution in [0.5, 0.6) is 0 Å². The molecule has 0 aromatic rings.